The molecule has 0 fully saturated rings. The molecular formula is C18H18N2O4. The van der Waals surface area contributed by atoms with Crippen molar-refractivity contribution >= 4 is 5.97 Å². The van der Waals surface area contributed by atoms with E-state index < -0.39 is 11.5 Å². The van der Waals surface area contributed by atoms with Gasteiger partial charge in [0, 0.05) is 6.07 Å². The molecule has 0 aliphatic rings. The number of carbonyl (C=O) groups is 1. The molecule has 0 saturated carbocycles. The van der Waals surface area contributed by atoms with Gasteiger partial charge in [-0.3, -0.25) is 0 Å². The highest BCUT2D eigenvalue weighted by Gasteiger charge is 2.24. The molecule has 0 saturated heterocycles. The van der Waals surface area contributed by atoms with E-state index in [-0.39, 0.29) is 0 Å². The second-order valence-electron chi connectivity index (χ2n) is 5.66. The van der Waals surface area contributed by atoms with E-state index in [0.717, 1.165) is 0 Å². The van der Waals surface area contributed by atoms with Crippen LogP contribution in [0.1, 0.15) is 19.4 Å². The Balaban J connectivity index is 2.10. The second-order valence-corrected chi connectivity index (χ2v) is 5.66. The number of esters is 1. The van der Waals surface area contributed by atoms with Gasteiger partial charge in [-0.15, -0.1) is 0 Å². The van der Waals surface area contributed by atoms with Gasteiger partial charge in [0.15, 0.2) is 0 Å². The molecule has 0 heterocycles. The van der Waals surface area contributed by atoms with Crippen molar-refractivity contribution < 1.29 is 19.0 Å². The normalized spacial score (nSPS) is 10.6. The SMILES string of the molecule is COc1cc(Oc2ccc(OC(=O)C(C)(C)N)cc2)ccc1C#N. The molecule has 24 heavy (non-hydrogen) atoms. The van der Waals surface area contributed by atoms with Gasteiger partial charge >= 0.3 is 5.97 Å². The summed E-state index contributed by atoms with van der Waals surface area (Å²) in [7, 11) is 1.49. The highest BCUT2D eigenvalue weighted by Crippen LogP contribution is 2.29. The molecule has 0 aliphatic heterocycles. The summed E-state index contributed by atoms with van der Waals surface area (Å²) in [6.45, 7) is 3.15. The van der Waals surface area contributed by atoms with Crippen LogP contribution in [0.15, 0.2) is 42.5 Å². The summed E-state index contributed by atoms with van der Waals surface area (Å²) in [6, 6.07) is 13.5. The highest BCUT2D eigenvalue weighted by molar-refractivity contribution is 5.81. The van der Waals surface area contributed by atoms with Gasteiger partial charge in [-0.2, -0.15) is 5.26 Å². The Kier molecular flexibility index (Phi) is 5.07. The van der Waals surface area contributed by atoms with Gasteiger partial charge in [-0.25, -0.2) is 4.79 Å². The Morgan fingerprint density at radius 3 is 2.21 bits per heavy atom. The van der Waals surface area contributed by atoms with Gasteiger partial charge in [-0.05, 0) is 50.2 Å². The molecule has 2 N–H and O–H groups in total. The van der Waals surface area contributed by atoms with Gasteiger partial charge in [0.1, 0.15) is 34.6 Å². The number of nitriles is 1. The molecule has 6 nitrogen and oxygen atoms in total. The lowest BCUT2D eigenvalue weighted by Gasteiger charge is -2.16. The number of benzene rings is 2. The summed E-state index contributed by atoms with van der Waals surface area (Å²) in [5.74, 6) is 1.37. The van der Waals surface area contributed by atoms with Gasteiger partial charge in [0.05, 0.1) is 12.7 Å². The van der Waals surface area contributed by atoms with E-state index in [1.165, 1.54) is 7.11 Å². The molecule has 0 amide bonds. The zero-order valence-electron chi connectivity index (χ0n) is 13.7. The van der Waals surface area contributed by atoms with Crippen LogP contribution < -0.4 is 19.9 Å². The van der Waals surface area contributed by atoms with E-state index in [2.05, 4.69) is 0 Å². The van der Waals surface area contributed by atoms with E-state index in [4.69, 9.17) is 25.2 Å². The first-order valence-corrected chi connectivity index (χ1v) is 7.20. The molecule has 2 aromatic rings. The van der Waals surface area contributed by atoms with Crippen molar-refractivity contribution in [2.45, 2.75) is 19.4 Å². The maximum Gasteiger partial charge on any atom is 0.330 e. The quantitative estimate of drug-likeness (QED) is 0.670. The Hall–Kier alpha value is -3.04. The van der Waals surface area contributed by atoms with Crippen molar-refractivity contribution in [3.8, 4) is 29.1 Å². The number of carbonyl (C=O) groups excluding carboxylic acids is 1. The summed E-state index contributed by atoms with van der Waals surface area (Å²) >= 11 is 0. The van der Waals surface area contributed by atoms with Crippen molar-refractivity contribution in [1.29, 1.82) is 5.26 Å². The minimum Gasteiger partial charge on any atom is -0.495 e. The number of rotatable bonds is 5. The number of methoxy groups -OCH3 is 1. The van der Waals surface area contributed by atoms with Gasteiger partial charge in [0.2, 0.25) is 0 Å². The largest absolute Gasteiger partial charge is 0.495 e. The van der Waals surface area contributed by atoms with Crippen molar-refractivity contribution in [3.63, 3.8) is 0 Å². The minimum absolute atomic E-state index is 0.378. The predicted molar refractivity (Wildman–Crippen MR) is 88.1 cm³/mol. The molecule has 0 unspecified atom stereocenters. The van der Waals surface area contributed by atoms with Crippen molar-refractivity contribution in [2.75, 3.05) is 7.11 Å². The molecule has 0 atom stereocenters. The fourth-order valence-electron chi connectivity index (χ4n) is 1.78. The third-order valence-electron chi connectivity index (χ3n) is 3.09. The van der Waals surface area contributed by atoms with E-state index in [1.807, 2.05) is 6.07 Å². The summed E-state index contributed by atoms with van der Waals surface area (Å²) in [5.41, 5.74) is 5.04. The Labute approximate surface area is 140 Å². The molecule has 0 bridgehead atoms. The third kappa shape index (κ3) is 4.24. The summed E-state index contributed by atoms with van der Waals surface area (Å²) < 4.78 is 16.0. The van der Waals surface area contributed by atoms with Crippen LogP contribution in [-0.4, -0.2) is 18.6 Å². The highest BCUT2D eigenvalue weighted by atomic mass is 16.5. The van der Waals surface area contributed by atoms with Crippen molar-refractivity contribution in [2.24, 2.45) is 5.73 Å². The van der Waals surface area contributed by atoms with Crippen molar-refractivity contribution in [3.05, 3.63) is 48.0 Å². The van der Waals surface area contributed by atoms with Crippen molar-refractivity contribution in [1.82, 2.24) is 0 Å². The average molecular weight is 326 g/mol. The second kappa shape index (κ2) is 7.02. The molecule has 6 heteroatoms. The molecule has 0 aromatic heterocycles. The lowest BCUT2D eigenvalue weighted by Crippen LogP contribution is -2.44. The van der Waals surface area contributed by atoms with Crippen LogP contribution in [0, 0.1) is 11.3 Å². The predicted octanol–water partition coefficient (Wildman–Crippen LogP) is 3.00. The van der Waals surface area contributed by atoms with Crippen LogP contribution in [0.25, 0.3) is 0 Å². The Bertz CT molecular complexity index is 771. The van der Waals surface area contributed by atoms with E-state index in [9.17, 15) is 4.79 Å². The molecule has 124 valence electrons. The lowest BCUT2D eigenvalue weighted by atomic mass is 10.1. The standard InChI is InChI=1S/C18H18N2O4/c1-18(2,20)17(21)24-14-8-6-13(7-9-14)23-15-5-4-12(11-19)16(10-15)22-3/h4-10H,20H2,1-3H3. The lowest BCUT2D eigenvalue weighted by molar-refractivity contribution is -0.139. The fraction of sp³-hybridized carbons (Fsp3) is 0.222. The van der Waals surface area contributed by atoms with E-state index in [0.29, 0.717) is 28.6 Å². The summed E-state index contributed by atoms with van der Waals surface area (Å²) in [4.78, 5) is 11.7. The first-order valence-electron chi connectivity index (χ1n) is 7.20. The van der Waals surface area contributed by atoms with Crippen LogP contribution in [0.2, 0.25) is 0 Å². The average Bonchev–Trinajstić information content (AvgIpc) is 2.55. The number of nitrogens with two attached hydrogens (primary N) is 1. The zero-order chi connectivity index (χ0) is 17.7. The number of hydrogen-bond donors (Lipinski definition) is 1. The van der Waals surface area contributed by atoms with Gasteiger partial charge in [-0.1, -0.05) is 0 Å². The molecule has 2 aromatic carbocycles. The monoisotopic (exact) mass is 326 g/mol. The maximum atomic E-state index is 11.7. The molecule has 0 aliphatic carbocycles. The maximum absolute atomic E-state index is 11.7. The van der Waals surface area contributed by atoms with Crippen LogP contribution in [0.4, 0.5) is 0 Å². The third-order valence-corrected chi connectivity index (χ3v) is 3.09. The molecule has 0 radical (unpaired) electrons. The van der Waals surface area contributed by atoms with Crippen LogP contribution in [0.5, 0.6) is 23.0 Å². The Morgan fingerprint density at radius 1 is 1.08 bits per heavy atom. The molecule has 2 rings (SSSR count). The van der Waals surface area contributed by atoms with Crippen LogP contribution >= 0.6 is 0 Å². The van der Waals surface area contributed by atoms with Gasteiger partial charge < -0.3 is 19.9 Å². The van der Waals surface area contributed by atoms with Gasteiger partial charge in [0.25, 0.3) is 0 Å². The summed E-state index contributed by atoms with van der Waals surface area (Å²) in [5, 5.41) is 8.97. The van der Waals surface area contributed by atoms with E-state index in [1.54, 1.807) is 56.3 Å². The fourth-order valence-corrected chi connectivity index (χ4v) is 1.78. The smallest absolute Gasteiger partial charge is 0.330 e. The number of hydrogen-bond acceptors (Lipinski definition) is 6. The van der Waals surface area contributed by atoms with Crippen LogP contribution in [0.3, 0.4) is 0 Å². The zero-order valence-corrected chi connectivity index (χ0v) is 13.7. The number of nitrogens with zero attached hydrogens (tertiary/aromatic N) is 1. The summed E-state index contributed by atoms with van der Waals surface area (Å²) in [6.07, 6.45) is 0. The Morgan fingerprint density at radius 2 is 1.67 bits per heavy atom. The number of ether oxygens (including phenoxy) is 3. The minimum atomic E-state index is -1.06. The molecular weight excluding hydrogens is 308 g/mol. The first kappa shape index (κ1) is 17.3. The molecule has 0 spiro atoms. The van der Waals surface area contributed by atoms with E-state index >= 15 is 0 Å². The van der Waals surface area contributed by atoms with Crippen LogP contribution in [-0.2, 0) is 4.79 Å². The first-order chi connectivity index (χ1) is 11.3. The topological polar surface area (TPSA) is 94.6 Å².